The molecule has 2 heterocycles. The predicted octanol–water partition coefficient (Wildman–Crippen LogP) is 2.23. The molecule has 2 amide bonds. The first-order valence-electron chi connectivity index (χ1n) is 10.4. The topological polar surface area (TPSA) is 78.9 Å². The number of amides is 2. The second kappa shape index (κ2) is 10.6. The highest BCUT2D eigenvalue weighted by atomic mass is 16.5. The fraction of sp³-hybridized carbons (Fsp3) is 0.391. The van der Waals surface area contributed by atoms with Crippen LogP contribution in [-0.2, 0) is 9.59 Å². The maximum Gasteiger partial charge on any atom is 0.242 e. The molecule has 1 aliphatic rings. The highest BCUT2D eigenvalue weighted by molar-refractivity contribution is 5.84. The van der Waals surface area contributed by atoms with Gasteiger partial charge in [-0.15, -0.1) is 16.8 Å². The molecule has 0 atom stereocenters. The van der Waals surface area contributed by atoms with E-state index < -0.39 is 0 Å². The highest BCUT2D eigenvalue weighted by Crippen LogP contribution is 2.23. The van der Waals surface area contributed by atoms with Crippen LogP contribution in [0.4, 0.5) is 5.82 Å². The molecular weight excluding hydrogens is 394 g/mol. The Labute approximate surface area is 183 Å². The van der Waals surface area contributed by atoms with Crippen molar-refractivity contribution < 1.29 is 14.3 Å². The number of benzene rings is 1. The Hall–Kier alpha value is -3.42. The van der Waals surface area contributed by atoms with Crippen molar-refractivity contribution in [1.82, 2.24) is 20.0 Å². The number of nitrogens with zero attached hydrogens (tertiary/aromatic N) is 5. The van der Waals surface area contributed by atoms with Crippen LogP contribution in [0.3, 0.4) is 0 Å². The van der Waals surface area contributed by atoms with Gasteiger partial charge in [0.1, 0.15) is 12.3 Å². The van der Waals surface area contributed by atoms with Crippen molar-refractivity contribution in [1.29, 1.82) is 0 Å². The van der Waals surface area contributed by atoms with E-state index in [1.165, 1.54) is 11.8 Å². The normalized spacial score (nSPS) is 14.0. The SMILES string of the molecule is C=CCN(CC(=O)N1CCCN(c2ccc(-c3cccc(OC)c3)nn2)CC1)C(C)=O. The number of hydrogen-bond acceptors (Lipinski definition) is 6. The summed E-state index contributed by atoms with van der Waals surface area (Å²) in [6.07, 6.45) is 2.46. The first-order chi connectivity index (χ1) is 15.0. The van der Waals surface area contributed by atoms with Crippen molar-refractivity contribution in [2.24, 2.45) is 0 Å². The van der Waals surface area contributed by atoms with E-state index in [1.807, 2.05) is 41.3 Å². The van der Waals surface area contributed by atoms with Crippen LogP contribution in [0, 0.1) is 0 Å². The van der Waals surface area contributed by atoms with Gasteiger partial charge in [0.2, 0.25) is 11.8 Å². The Balaban J connectivity index is 1.62. The standard InChI is InChI=1S/C23H29N5O3/c1-4-11-28(18(2)29)17-23(30)27-13-6-12-26(14-15-27)22-10-9-21(24-25-22)19-7-5-8-20(16-19)31-3/h4-5,7-10,16H,1,6,11-15,17H2,2-3H3. The number of carbonyl (C=O) groups excluding carboxylic acids is 2. The summed E-state index contributed by atoms with van der Waals surface area (Å²) in [5.41, 5.74) is 1.72. The van der Waals surface area contributed by atoms with E-state index in [0.717, 1.165) is 35.8 Å². The third-order valence-electron chi connectivity index (χ3n) is 5.31. The minimum absolute atomic E-state index is 0.0432. The van der Waals surface area contributed by atoms with Crippen LogP contribution in [0.5, 0.6) is 5.75 Å². The van der Waals surface area contributed by atoms with E-state index in [0.29, 0.717) is 26.2 Å². The quantitative estimate of drug-likeness (QED) is 0.636. The molecule has 0 bridgehead atoms. The second-order valence-electron chi connectivity index (χ2n) is 7.42. The summed E-state index contributed by atoms with van der Waals surface area (Å²) >= 11 is 0. The Morgan fingerprint density at radius 2 is 2.00 bits per heavy atom. The van der Waals surface area contributed by atoms with Crippen LogP contribution in [0.2, 0.25) is 0 Å². The summed E-state index contributed by atoms with van der Waals surface area (Å²) in [4.78, 5) is 29.8. The van der Waals surface area contributed by atoms with Gasteiger partial charge in [-0.1, -0.05) is 18.2 Å². The number of aromatic nitrogens is 2. The van der Waals surface area contributed by atoms with Gasteiger partial charge >= 0.3 is 0 Å². The fourth-order valence-corrected chi connectivity index (χ4v) is 3.55. The van der Waals surface area contributed by atoms with Crippen LogP contribution >= 0.6 is 0 Å². The molecule has 2 aromatic rings. The first-order valence-corrected chi connectivity index (χ1v) is 10.4. The van der Waals surface area contributed by atoms with Gasteiger partial charge in [-0.25, -0.2) is 0 Å². The summed E-state index contributed by atoms with van der Waals surface area (Å²) in [7, 11) is 1.64. The van der Waals surface area contributed by atoms with E-state index in [1.54, 1.807) is 13.2 Å². The Morgan fingerprint density at radius 3 is 2.68 bits per heavy atom. The van der Waals surface area contributed by atoms with Crippen LogP contribution in [0.25, 0.3) is 11.3 Å². The molecule has 0 spiro atoms. The van der Waals surface area contributed by atoms with Crippen molar-refractivity contribution >= 4 is 17.6 Å². The zero-order chi connectivity index (χ0) is 22.2. The van der Waals surface area contributed by atoms with Gasteiger partial charge in [0.15, 0.2) is 5.82 Å². The maximum atomic E-state index is 12.7. The summed E-state index contributed by atoms with van der Waals surface area (Å²) in [5.74, 6) is 1.39. The van der Waals surface area contributed by atoms with Crippen molar-refractivity contribution in [3.63, 3.8) is 0 Å². The van der Waals surface area contributed by atoms with Crippen LogP contribution in [0.15, 0.2) is 49.1 Å². The molecule has 0 aliphatic carbocycles. The zero-order valence-electron chi connectivity index (χ0n) is 18.2. The molecule has 1 aromatic carbocycles. The van der Waals surface area contributed by atoms with E-state index in [4.69, 9.17) is 4.74 Å². The van der Waals surface area contributed by atoms with Crippen molar-refractivity contribution in [2.45, 2.75) is 13.3 Å². The average molecular weight is 424 g/mol. The predicted molar refractivity (Wildman–Crippen MR) is 120 cm³/mol. The van der Waals surface area contributed by atoms with Gasteiger partial charge < -0.3 is 19.4 Å². The smallest absolute Gasteiger partial charge is 0.242 e. The Bertz CT molecular complexity index is 916. The lowest BCUT2D eigenvalue weighted by Gasteiger charge is -2.25. The molecule has 0 radical (unpaired) electrons. The third-order valence-corrected chi connectivity index (χ3v) is 5.31. The van der Waals surface area contributed by atoms with E-state index in [-0.39, 0.29) is 18.4 Å². The summed E-state index contributed by atoms with van der Waals surface area (Å²) in [6.45, 7) is 8.27. The molecule has 1 aliphatic heterocycles. The van der Waals surface area contributed by atoms with Gasteiger partial charge in [0, 0.05) is 45.2 Å². The molecular formula is C23H29N5O3. The molecule has 0 unspecified atom stereocenters. The van der Waals surface area contributed by atoms with Crippen LogP contribution < -0.4 is 9.64 Å². The molecule has 3 rings (SSSR count). The molecule has 8 nitrogen and oxygen atoms in total. The number of hydrogen-bond donors (Lipinski definition) is 0. The second-order valence-corrected chi connectivity index (χ2v) is 7.42. The number of rotatable bonds is 7. The van der Waals surface area contributed by atoms with Crippen LogP contribution in [0.1, 0.15) is 13.3 Å². The summed E-state index contributed by atoms with van der Waals surface area (Å²) in [5, 5.41) is 8.79. The van der Waals surface area contributed by atoms with Gasteiger partial charge in [-0.2, -0.15) is 0 Å². The first kappa shape index (κ1) is 22.3. The fourth-order valence-electron chi connectivity index (χ4n) is 3.55. The maximum absolute atomic E-state index is 12.7. The summed E-state index contributed by atoms with van der Waals surface area (Å²) < 4.78 is 5.27. The lowest BCUT2D eigenvalue weighted by molar-refractivity contribution is -0.138. The van der Waals surface area contributed by atoms with Gasteiger partial charge in [0.05, 0.1) is 12.8 Å². The van der Waals surface area contributed by atoms with Crippen molar-refractivity contribution in [3.8, 4) is 17.0 Å². The molecule has 31 heavy (non-hydrogen) atoms. The molecule has 1 fully saturated rings. The number of methoxy groups -OCH3 is 1. The highest BCUT2D eigenvalue weighted by Gasteiger charge is 2.22. The Morgan fingerprint density at radius 1 is 1.16 bits per heavy atom. The number of carbonyl (C=O) groups is 2. The van der Waals surface area contributed by atoms with Gasteiger partial charge in [0.25, 0.3) is 0 Å². The molecule has 8 heteroatoms. The molecule has 1 aromatic heterocycles. The summed E-state index contributed by atoms with van der Waals surface area (Å²) in [6, 6.07) is 11.6. The molecule has 0 N–H and O–H groups in total. The van der Waals surface area contributed by atoms with E-state index in [2.05, 4.69) is 21.7 Å². The lowest BCUT2D eigenvalue weighted by Crippen LogP contribution is -2.43. The minimum Gasteiger partial charge on any atom is -0.497 e. The van der Waals surface area contributed by atoms with Crippen LogP contribution in [-0.4, -0.2) is 78.2 Å². The van der Waals surface area contributed by atoms with E-state index >= 15 is 0 Å². The van der Waals surface area contributed by atoms with Gasteiger partial charge in [-0.3, -0.25) is 9.59 Å². The van der Waals surface area contributed by atoms with Gasteiger partial charge in [-0.05, 0) is 30.7 Å². The minimum atomic E-state index is -0.129. The monoisotopic (exact) mass is 423 g/mol. The lowest BCUT2D eigenvalue weighted by atomic mass is 10.1. The average Bonchev–Trinajstić information content (AvgIpc) is 3.05. The van der Waals surface area contributed by atoms with E-state index in [9.17, 15) is 9.59 Å². The van der Waals surface area contributed by atoms with Crippen molar-refractivity contribution in [2.75, 3.05) is 51.3 Å². The van der Waals surface area contributed by atoms with Crippen molar-refractivity contribution in [3.05, 3.63) is 49.1 Å². The zero-order valence-corrected chi connectivity index (χ0v) is 18.2. The molecule has 1 saturated heterocycles. The third kappa shape index (κ3) is 5.81. The molecule has 0 saturated carbocycles. The largest absolute Gasteiger partial charge is 0.497 e. The number of anilines is 1. The Kier molecular flexibility index (Phi) is 7.59. The number of ether oxygens (including phenoxy) is 1. The molecule has 164 valence electrons.